The van der Waals surface area contributed by atoms with Crippen LogP contribution in [0.3, 0.4) is 0 Å². The van der Waals surface area contributed by atoms with Crippen LogP contribution in [0.4, 0.5) is 0 Å². The minimum atomic E-state index is -0.00171. The first-order valence-electron chi connectivity index (χ1n) is 9.92. The molecule has 0 bridgehead atoms. The van der Waals surface area contributed by atoms with Crippen LogP contribution in [0, 0.1) is 0 Å². The molecule has 0 spiro atoms. The van der Waals surface area contributed by atoms with Gasteiger partial charge in [0.25, 0.3) is 5.91 Å². The Morgan fingerprint density at radius 2 is 1.90 bits per heavy atom. The molecule has 29 heavy (non-hydrogen) atoms. The third-order valence-corrected chi connectivity index (χ3v) is 5.53. The van der Waals surface area contributed by atoms with E-state index in [9.17, 15) is 4.79 Å². The molecule has 5 rings (SSSR count). The summed E-state index contributed by atoms with van der Waals surface area (Å²) >= 11 is 0. The molecule has 2 aromatic carbocycles. The number of aromatic amines is 2. The number of aromatic nitrogens is 3. The van der Waals surface area contributed by atoms with E-state index in [1.54, 1.807) is 0 Å². The molecule has 1 amide bonds. The molecule has 3 heterocycles. The predicted molar refractivity (Wildman–Crippen MR) is 112 cm³/mol. The van der Waals surface area contributed by atoms with Gasteiger partial charge in [-0.15, -0.1) is 0 Å². The molecule has 0 aliphatic carbocycles. The Labute approximate surface area is 168 Å². The van der Waals surface area contributed by atoms with Crippen molar-refractivity contribution >= 4 is 27.7 Å². The molecule has 0 atom stereocenters. The van der Waals surface area contributed by atoms with Crippen LogP contribution in [0.5, 0.6) is 5.75 Å². The molecule has 1 saturated heterocycles. The van der Waals surface area contributed by atoms with Crippen molar-refractivity contribution in [2.75, 3.05) is 39.3 Å². The Morgan fingerprint density at radius 3 is 2.79 bits per heavy atom. The first kappa shape index (κ1) is 17.8. The fourth-order valence-corrected chi connectivity index (χ4v) is 3.86. The van der Waals surface area contributed by atoms with Gasteiger partial charge in [0.1, 0.15) is 12.4 Å². The fraction of sp³-hybridized carbons (Fsp3) is 0.273. The van der Waals surface area contributed by atoms with Gasteiger partial charge < -0.3 is 14.6 Å². The number of rotatable bonds is 5. The summed E-state index contributed by atoms with van der Waals surface area (Å²) in [4.78, 5) is 20.3. The van der Waals surface area contributed by atoms with E-state index in [1.807, 2.05) is 53.6 Å². The van der Waals surface area contributed by atoms with Crippen LogP contribution < -0.4 is 4.74 Å². The van der Waals surface area contributed by atoms with Crippen LogP contribution in [-0.2, 0) is 0 Å². The standard InChI is InChI=1S/C22H23N5O2/c28-22(21-18-3-1-2-4-20(18)24-25-21)27-11-9-26(10-12-27)13-14-29-17-5-6-19-16(15-17)7-8-23-19/h1-8,15,23H,9-14H2,(H,24,25). The lowest BCUT2D eigenvalue weighted by Gasteiger charge is -2.34. The first-order chi connectivity index (χ1) is 14.3. The molecule has 7 heteroatoms. The second-order valence-electron chi connectivity index (χ2n) is 7.33. The zero-order valence-corrected chi connectivity index (χ0v) is 16.1. The summed E-state index contributed by atoms with van der Waals surface area (Å²) in [5, 5.41) is 9.22. The molecule has 4 aromatic rings. The number of ether oxygens (including phenoxy) is 1. The first-order valence-corrected chi connectivity index (χ1v) is 9.92. The van der Waals surface area contributed by atoms with Crippen LogP contribution in [0.25, 0.3) is 21.8 Å². The summed E-state index contributed by atoms with van der Waals surface area (Å²) in [6.45, 7) is 4.57. The zero-order valence-electron chi connectivity index (χ0n) is 16.1. The van der Waals surface area contributed by atoms with Gasteiger partial charge in [-0.1, -0.05) is 18.2 Å². The SMILES string of the molecule is O=C(c1n[nH]c2ccccc12)N1CCN(CCOc2ccc3[nH]ccc3c2)CC1. The molecule has 0 saturated carbocycles. The molecule has 148 valence electrons. The van der Waals surface area contributed by atoms with Gasteiger partial charge in [-0.3, -0.25) is 14.8 Å². The smallest absolute Gasteiger partial charge is 0.275 e. The van der Waals surface area contributed by atoms with E-state index in [2.05, 4.69) is 26.1 Å². The quantitative estimate of drug-likeness (QED) is 0.550. The number of benzene rings is 2. The van der Waals surface area contributed by atoms with Crippen LogP contribution in [0.15, 0.2) is 54.7 Å². The third-order valence-electron chi connectivity index (χ3n) is 5.53. The van der Waals surface area contributed by atoms with Gasteiger partial charge in [-0.2, -0.15) is 5.10 Å². The van der Waals surface area contributed by atoms with Gasteiger partial charge >= 0.3 is 0 Å². The Hall–Kier alpha value is -3.32. The lowest BCUT2D eigenvalue weighted by molar-refractivity contribution is 0.0616. The largest absolute Gasteiger partial charge is 0.492 e. The number of hydrogen-bond acceptors (Lipinski definition) is 4. The van der Waals surface area contributed by atoms with Gasteiger partial charge in [-0.25, -0.2) is 0 Å². The minimum absolute atomic E-state index is 0.00171. The van der Waals surface area contributed by atoms with Crippen molar-refractivity contribution in [3.05, 3.63) is 60.4 Å². The van der Waals surface area contributed by atoms with Crippen LogP contribution in [-0.4, -0.2) is 70.2 Å². The molecule has 7 nitrogen and oxygen atoms in total. The topological polar surface area (TPSA) is 77.2 Å². The van der Waals surface area contributed by atoms with Crippen molar-refractivity contribution in [1.82, 2.24) is 25.0 Å². The van der Waals surface area contributed by atoms with Gasteiger partial charge in [0, 0.05) is 55.2 Å². The maximum atomic E-state index is 12.9. The summed E-state index contributed by atoms with van der Waals surface area (Å²) in [5.74, 6) is 0.884. The minimum Gasteiger partial charge on any atom is -0.492 e. The van der Waals surface area contributed by atoms with Crippen LogP contribution >= 0.6 is 0 Å². The number of hydrogen-bond donors (Lipinski definition) is 2. The van der Waals surface area contributed by atoms with E-state index in [0.29, 0.717) is 25.4 Å². The van der Waals surface area contributed by atoms with E-state index in [-0.39, 0.29) is 5.91 Å². The lowest BCUT2D eigenvalue weighted by atomic mass is 10.2. The molecule has 1 fully saturated rings. The van der Waals surface area contributed by atoms with Crippen molar-refractivity contribution in [3.8, 4) is 5.75 Å². The highest BCUT2D eigenvalue weighted by atomic mass is 16.5. The van der Waals surface area contributed by atoms with E-state index >= 15 is 0 Å². The summed E-state index contributed by atoms with van der Waals surface area (Å²) in [5.41, 5.74) is 2.52. The molecular weight excluding hydrogens is 366 g/mol. The van der Waals surface area contributed by atoms with Crippen molar-refractivity contribution in [2.24, 2.45) is 0 Å². The summed E-state index contributed by atoms with van der Waals surface area (Å²) < 4.78 is 5.92. The van der Waals surface area contributed by atoms with Crippen LogP contribution in [0.2, 0.25) is 0 Å². The number of nitrogens with one attached hydrogen (secondary N) is 2. The van der Waals surface area contributed by atoms with Crippen LogP contribution in [0.1, 0.15) is 10.5 Å². The normalized spacial score (nSPS) is 15.2. The van der Waals surface area contributed by atoms with Gasteiger partial charge in [-0.05, 0) is 30.3 Å². The average Bonchev–Trinajstić information content (AvgIpc) is 3.40. The molecular formula is C22H23N5O2. The monoisotopic (exact) mass is 389 g/mol. The highest BCUT2D eigenvalue weighted by Gasteiger charge is 2.25. The molecule has 1 aliphatic heterocycles. The molecule has 0 radical (unpaired) electrons. The second-order valence-corrected chi connectivity index (χ2v) is 7.33. The fourth-order valence-electron chi connectivity index (χ4n) is 3.86. The Bertz CT molecular complexity index is 1140. The maximum absolute atomic E-state index is 12.9. The number of fused-ring (bicyclic) bond motifs is 2. The van der Waals surface area contributed by atoms with E-state index < -0.39 is 0 Å². The van der Waals surface area contributed by atoms with E-state index in [0.717, 1.165) is 47.2 Å². The summed E-state index contributed by atoms with van der Waals surface area (Å²) in [6, 6.07) is 15.9. The number of carbonyl (C=O) groups excluding carboxylic acids is 1. The van der Waals surface area contributed by atoms with Gasteiger partial charge in [0.05, 0.1) is 5.52 Å². The molecule has 1 aliphatic rings. The number of amides is 1. The molecule has 2 N–H and O–H groups in total. The predicted octanol–water partition coefficient (Wildman–Crippen LogP) is 2.88. The van der Waals surface area contributed by atoms with Crippen molar-refractivity contribution in [2.45, 2.75) is 0 Å². The highest BCUT2D eigenvalue weighted by molar-refractivity contribution is 6.04. The van der Waals surface area contributed by atoms with E-state index in [1.165, 1.54) is 0 Å². The Kier molecular flexibility index (Phi) is 4.65. The number of carbonyl (C=O) groups is 1. The second kappa shape index (κ2) is 7.60. The maximum Gasteiger partial charge on any atom is 0.275 e. The van der Waals surface area contributed by atoms with Crippen molar-refractivity contribution in [3.63, 3.8) is 0 Å². The molecule has 0 unspecified atom stereocenters. The number of para-hydroxylation sites is 1. The summed E-state index contributed by atoms with van der Waals surface area (Å²) in [7, 11) is 0. The van der Waals surface area contributed by atoms with Gasteiger partial charge in [0.2, 0.25) is 0 Å². The summed E-state index contributed by atoms with van der Waals surface area (Å²) in [6.07, 6.45) is 1.93. The third kappa shape index (κ3) is 3.56. The zero-order chi connectivity index (χ0) is 19.6. The number of piperazine rings is 1. The molecule has 2 aromatic heterocycles. The Balaban J connectivity index is 1.13. The average molecular weight is 389 g/mol. The van der Waals surface area contributed by atoms with E-state index in [4.69, 9.17) is 4.74 Å². The Morgan fingerprint density at radius 1 is 1.03 bits per heavy atom. The lowest BCUT2D eigenvalue weighted by Crippen LogP contribution is -2.49. The highest BCUT2D eigenvalue weighted by Crippen LogP contribution is 2.20. The van der Waals surface area contributed by atoms with Crippen molar-refractivity contribution < 1.29 is 9.53 Å². The number of H-pyrrole nitrogens is 2. The van der Waals surface area contributed by atoms with Gasteiger partial charge in [0.15, 0.2) is 5.69 Å². The number of nitrogens with zero attached hydrogens (tertiary/aromatic N) is 3. The van der Waals surface area contributed by atoms with Crippen molar-refractivity contribution in [1.29, 1.82) is 0 Å².